The van der Waals surface area contributed by atoms with Crippen LogP contribution in [0.3, 0.4) is 0 Å². The molecular formula is C10H16N2O. The summed E-state index contributed by atoms with van der Waals surface area (Å²) in [6.45, 7) is 5.88. The fourth-order valence-electron chi connectivity index (χ4n) is 0.999. The summed E-state index contributed by atoms with van der Waals surface area (Å²) in [6, 6.07) is 5.78. The lowest BCUT2D eigenvalue weighted by molar-refractivity contribution is 0.234. The molecule has 1 rings (SSSR count). The molecule has 0 unspecified atom stereocenters. The van der Waals surface area contributed by atoms with E-state index in [-0.39, 0.29) is 12.1 Å². The van der Waals surface area contributed by atoms with Crippen molar-refractivity contribution in [1.82, 2.24) is 4.98 Å². The van der Waals surface area contributed by atoms with E-state index < -0.39 is 0 Å². The monoisotopic (exact) mass is 180 g/mol. The Kier molecular flexibility index (Phi) is 2.88. The molecule has 3 heteroatoms. The van der Waals surface area contributed by atoms with Gasteiger partial charge in [-0.2, -0.15) is 0 Å². The molecule has 13 heavy (non-hydrogen) atoms. The zero-order valence-corrected chi connectivity index (χ0v) is 8.33. The Morgan fingerprint density at radius 3 is 2.69 bits per heavy atom. The highest BCUT2D eigenvalue weighted by Gasteiger charge is 2.15. The van der Waals surface area contributed by atoms with Crippen molar-refractivity contribution in [2.24, 2.45) is 0 Å². The van der Waals surface area contributed by atoms with E-state index in [1.165, 1.54) is 0 Å². The number of anilines is 1. The van der Waals surface area contributed by atoms with Gasteiger partial charge in [-0.25, -0.2) is 4.98 Å². The first kappa shape index (κ1) is 9.99. The maximum absolute atomic E-state index is 9.03. The topological polar surface area (TPSA) is 45.1 Å². The largest absolute Gasteiger partial charge is 0.394 e. The summed E-state index contributed by atoms with van der Waals surface area (Å²) in [7, 11) is 0. The van der Waals surface area contributed by atoms with E-state index in [1.807, 2.05) is 39.0 Å². The second-order valence-corrected chi connectivity index (χ2v) is 3.83. The summed E-state index contributed by atoms with van der Waals surface area (Å²) in [5.74, 6) is 0.805. The minimum Gasteiger partial charge on any atom is -0.394 e. The molecule has 1 heterocycles. The predicted molar refractivity (Wildman–Crippen MR) is 53.8 cm³/mol. The molecule has 72 valence electrons. The molecule has 0 bridgehead atoms. The number of nitrogens with zero attached hydrogens (tertiary/aromatic N) is 1. The van der Waals surface area contributed by atoms with Crippen LogP contribution in [0.25, 0.3) is 0 Å². The van der Waals surface area contributed by atoms with Crippen LogP contribution in [0.4, 0.5) is 5.82 Å². The molecule has 0 aliphatic heterocycles. The van der Waals surface area contributed by atoms with Gasteiger partial charge in [-0.05, 0) is 32.9 Å². The van der Waals surface area contributed by atoms with E-state index in [4.69, 9.17) is 5.11 Å². The van der Waals surface area contributed by atoms with Crippen LogP contribution in [-0.4, -0.2) is 22.2 Å². The normalized spacial score (nSPS) is 11.4. The number of aliphatic hydroxyl groups is 1. The van der Waals surface area contributed by atoms with Crippen LogP contribution in [0.1, 0.15) is 19.5 Å². The average Bonchev–Trinajstić information content (AvgIpc) is 2.03. The van der Waals surface area contributed by atoms with Gasteiger partial charge in [0.05, 0.1) is 12.1 Å². The number of nitrogens with one attached hydrogen (secondary N) is 1. The average molecular weight is 180 g/mol. The lowest BCUT2D eigenvalue weighted by Gasteiger charge is -2.24. The van der Waals surface area contributed by atoms with Crippen LogP contribution in [0.2, 0.25) is 0 Å². The Morgan fingerprint density at radius 2 is 2.15 bits per heavy atom. The Bertz CT molecular complexity index is 284. The van der Waals surface area contributed by atoms with Crippen LogP contribution in [0.15, 0.2) is 18.2 Å². The van der Waals surface area contributed by atoms with E-state index in [9.17, 15) is 0 Å². The second kappa shape index (κ2) is 3.75. The van der Waals surface area contributed by atoms with Gasteiger partial charge in [0, 0.05) is 5.69 Å². The SMILES string of the molecule is Cc1cccc(NC(C)(C)CO)n1. The van der Waals surface area contributed by atoms with Crippen molar-refractivity contribution in [2.75, 3.05) is 11.9 Å². The van der Waals surface area contributed by atoms with Crippen molar-refractivity contribution in [3.05, 3.63) is 23.9 Å². The molecule has 1 aromatic rings. The number of hydrogen-bond donors (Lipinski definition) is 2. The van der Waals surface area contributed by atoms with E-state index in [1.54, 1.807) is 0 Å². The summed E-state index contributed by atoms with van der Waals surface area (Å²) >= 11 is 0. The quantitative estimate of drug-likeness (QED) is 0.742. The molecule has 0 aliphatic carbocycles. The first-order valence-corrected chi connectivity index (χ1v) is 4.36. The van der Waals surface area contributed by atoms with E-state index in [0.29, 0.717) is 0 Å². The lowest BCUT2D eigenvalue weighted by Crippen LogP contribution is -2.35. The zero-order valence-electron chi connectivity index (χ0n) is 8.33. The van der Waals surface area contributed by atoms with Gasteiger partial charge in [-0.1, -0.05) is 6.07 Å². The lowest BCUT2D eigenvalue weighted by atomic mass is 10.1. The van der Waals surface area contributed by atoms with Crippen molar-refractivity contribution in [3.63, 3.8) is 0 Å². The standard InChI is InChI=1S/C10H16N2O/c1-8-5-4-6-9(11-8)12-10(2,3)7-13/h4-6,13H,7H2,1-3H3,(H,11,12). The number of hydrogen-bond acceptors (Lipinski definition) is 3. The third-order valence-electron chi connectivity index (χ3n) is 1.75. The molecule has 3 nitrogen and oxygen atoms in total. The molecule has 0 atom stereocenters. The molecule has 0 radical (unpaired) electrons. The minimum atomic E-state index is -0.319. The third kappa shape index (κ3) is 3.03. The van der Waals surface area contributed by atoms with Crippen LogP contribution in [-0.2, 0) is 0 Å². The molecular weight excluding hydrogens is 164 g/mol. The molecule has 0 spiro atoms. The maximum atomic E-state index is 9.03. The fourth-order valence-corrected chi connectivity index (χ4v) is 0.999. The summed E-state index contributed by atoms with van der Waals surface area (Å²) < 4.78 is 0. The third-order valence-corrected chi connectivity index (χ3v) is 1.75. The van der Waals surface area contributed by atoms with Gasteiger partial charge >= 0.3 is 0 Å². The Hall–Kier alpha value is -1.09. The number of rotatable bonds is 3. The fraction of sp³-hybridized carbons (Fsp3) is 0.500. The molecule has 0 amide bonds. The van der Waals surface area contributed by atoms with Crippen molar-refractivity contribution in [2.45, 2.75) is 26.3 Å². The Labute approximate surface area is 78.8 Å². The Morgan fingerprint density at radius 1 is 1.46 bits per heavy atom. The summed E-state index contributed by atoms with van der Waals surface area (Å²) in [5.41, 5.74) is 0.652. The molecule has 0 aromatic carbocycles. The van der Waals surface area contributed by atoms with Crippen LogP contribution in [0.5, 0.6) is 0 Å². The number of pyridine rings is 1. The zero-order chi connectivity index (χ0) is 9.90. The van der Waals surface area contributed by atoms with Crippen molar-refractivity contribution < 1.29 is 5.11 Å². The highest BCUT2D eigenvalue weighted by atomic mass is 16.3. The van der Waals surface area contributed by atoms with Crippen LogP contribution >= 0.6 is 0 Å². The number of aromatic nitrogens is 1. The first-order valence-electron chi connectivity index (χ1n) is 4.36. The predicted octanol–water partition coefficient (Wildman–Crippen LogP) is 1.57. The summed E-state index contributed by atoms with van der Waals surface area (Å²) in [5, 5.41) is 12.2. The van der Waals surface area contributed by atoms with E-state index >= 15 is 0 Å². The maximum Gasteiger partial charge on any atom is 0.126 e. The minimum absolute atomic E-state index is 0.0859. The van der Waals surface area contributed by atoms with Crippen molar-refractivity contribution in [1.29, 1.82) is 0 Å². The first-order chi connectivity index (χ1) is 6.03. The van der Waals surface area contributed by atoms with Gasteiger partial charge in [-0.3, -0.25) is 0 Å². The second-order valence-electron chi connectivity index (χ2n) is 3.83. The van der Waals surface area contributed by atoms with E-state index in [0.717, 1.165) is 11.5 Å². The van der Waals surface area contributed by atoms with E-state index in [2.05, 4.69) is 10.3 Å². The van der Waals surface area contributed by atoms with Crippen molar-refractivity contribution in [3.8, 4) is 0 Å². The van der Waals surface area contributed by atoms with Gasteiger partial charge in [0.2, 0.25) is 0 Å². The molecule has 2 N–H and O–H groups in total. The van der Waals surface area contributed by atoms with Crippen LogP contribution < -0.4 is 5.32 Å². The smallest absolute Gasteiger partial charge is 0.126 e. The van der Waals surface area contributed by atoms with Gasteiger partial charge in [0.1, 0.15) is 5.82 Å². The molecule has 1 aromatic heterocycles. The van der Waals surface area contributed by atoms with Gasteiger partial charge < -0.3 is 10.4 Å². The number of aryl methyl sites for hydroxylation is 1. The number of aliphatic hydroxyl groups excluding tert-OH is 1. The summed E-state index contributed by atoms with van der Waals surface area (Å²) in [4.78, 5) is 4.28. The summed E-state index contributed by atoms with van der Waals surface area (Å²) in [6.07, 6.45) is 0. The molecule has 0 saturated heterocycles. The van der Waals surface area contributed by atoms with Crippen LogP contribution in [0, 0.1) is 6.92 Å². The van der Waals surface area contributed by atoms with Gasteiger partial charge in [0.25, 0.3) is 0 Å². The highest BCUT2D eigenvalue weighted by Crippen LogP contribution is 2.11. The molecule has 0 saturated carbocycles. The molecule has 0 aliphatic rings. The highest BCUT2D eigenvalue weighted by molar-refractivity contribution is 5.37. The Balaban J connectivity index is 2.74. The molecule has 0 fully saturated rings. The van der Waals surface area contributed by atoms with Crippen molar-refractivity contribution >= 4 is 5.82 Å². The van der Waals surface area contributed by atoms with Gasteiger partial charge in [-0.15, -0.1) is 0 Å². The van der Waals surface area contributed by atoms with Gasteiger partial charge in [0.15, 0.2) is 0 Å².